The fourth-order valence-electron chi connectivity index (χ4n) is 2.83. The van der Waals surface area contributed by atoms with E-state index < -0.39 is 0 Å². The van der Waals surface area contributed by atoms with Gasteiger partial charge >= 0.3 is 0 Å². The van der Waals surface area contributed by atoms with Crippen LogP contribution in [0.5, 0.6) is 0 Å². The molecule has 0 bridgehead atoms. The number of nitrogens with one attached hydrogen (secondary N) is 1. The minimum absolute atomic E-state index is 1.13. The van der Waals surface area contributed by atoms with Crippen molar-refractivity contribution in [2.24, 2.45) is 0 Å². The Morgan fingerprint density at radius 2 is 1.80 bits per heavy atom. The van der Waals surface area contributed by atoms with Crippen LogP contribution < -0.4 is 15.1 Å². The van der Waals surface area contributed by atoms with Crippen LogP contribution in [0.1, 0.15) is 32.6 Å². The highest BCUT2D eigenvalue weighted by Gasteiger charge is 2.18. The van der Waals surface area contributed by atoms with E-state index in [0.717, 1.165) is 19.6 Å². The third-order valence-corrected chi connectivity index (χ3v) is 4.05. The first-order chi connectivity index (χ1) is 9.83. The smallest absolute Gasteiger partial charge is 0.0604 e. The van der Waals surface area contributed by atoms with Gasteiger partial charge in [-0.05, 0) is 44.5 Å². The lowest BCUT2D eigenvalue weighted by Crippen LogP contribution is -2.39. The second-order valence-electron chi connectivity index (χ2n) is 5.71. The van der Waals surface area contributed by atoms with Crippen molar-refractivity contribution in [2.75, 3.05) is 49.6 Å². The van der Waals surface area contributed by atoms with Crippen molar-refractivity contribution in [3.63, 3.8) is 0 Å². The lowest BCUT2D eigenvalue weighted by molar-refractivity contribution is 0.589. The van der Waals surface area contributed by atoms with Gasteiger partial charge in [0.15, 0.2) is 0 Å². The van der Waals surface area contributed by atoms with Crippen molar-refractivity contribution in [1.82, 2.24) is 5.32 Å². The van der Waals surface area contributed by atoms with E-state index in [0.29, 0.717) is 0 Å². The molecule has 2 rings (SSSR count). The maximum absolute atomic E-state index is 3.47. The van der Waals surface area contributed by atoms with Crippen LogP contribution >= 0.6 is 0 Å². The van der Waals surface area contributed by atoms with Crippen molar-refractivity contribution in [2.45, 2.75) is 32.6 Å². The number of hydrogen-bond donors (Lipinski definition) is 1. The molecule has 0 atom stereocenters. The van der Waals surface area contributed by atoms with Gasteiger partial charge in [0.05, 0.1) is 11.4 Å². The van der Waals surface area contributed by atoms with Crippen molar-refractivity contribution in [1.29, 1.82) is 0 Å². The summed E-state index contributed by atoms with van der Waals surface area (Å²) in [4.78, 5) is 4.91. The zero-order valence-electron chi connectivity index (χ0n) is 13.1. The van der Waals surface area contributed by atoms with E-state index in [1.54, 1.807) is 0 Å². The molecule has 0 spiro atoms. The molecule has 0 saturated heterocycles. The molecule has 1 aliphatic rings. The number of anilines is 2. The van der Waals surface area contributed by atoms with E-state index in [2.05, 4.69) is 53.4 Å². The molecule has 0 unspecified atom stereocenters. The Morgan fingerprint density at radius 3 is 2.60 bits per heavy atom. The van der Waals surface area contributed by atoms with Gasteiger partial charge in [0.1, 0.15) is 0 Å². The number of rotatable bonds is 8. The minimum Gasteiger partial charge on any atom is -0.371 e. The van der Waals surface area contributed by atoms with Gasteiger partial charge in [-0.2, -0.15) is 0 Å². The number of hydrogen-bond acceptors (Lipinski definition) is 3. The maximum Gasteiger partial charge on any atom is 0.0604 e. The van der Waals surface area contributed by atoms with Crippen LogP contribution in [0.15, 0.2) is 24.3 Å². The molecule has 3 nitrogen and oxygen atoms in total. The van der Waals surface area contributed by atoms with Gasteiger partial charge in [0.25, 0.3) is 0 Å². The summed E-state index contributed by atoms with van der Waals surface area (Å²) >= 11 is 0. The van der Waals surface area contributed by atoms with Crippen molar-refractivity contribution in [3.8, 4) is 0 Å². The topological polar surface area (TPSA) is 18.5 Å². The Morgan fingerprint density at radius 1 is 1.00 bits per heavy atom. The van der Waals surface area contributed by atoms with Crippen LogP contribution in [0, 0.1) is 0 Å². The lowest BCUT2D eigenvalue weighted by atomic mass is 10.1. The maximum atomic E-state index is 3.47. The van der Waals surface area contributed by atoms with Gasteiger partial charge < -0.3 is 15.1 Å². The molecule has 1 aliphatic heterocycles. The molecule has 0 radical (unpaired) electrons. The summed E-state index contributed by atoms with van der Waals surface area (Å²) in [5.74, 6) is 0. The van der Waals surface area contributed by atoms with Crippen LogP contribution in [0.4, 0.5) is 11.4 Å². The summed E-state index contributed by atoms with van der Waals surface area (Å²) in [5.41, 5.74) is 2.79. The molecular weight excluding hydrogens is 246 g/mol. The minimum atomic E-state index is 1.13. The highest BCUT2D eigenvalue weighted by molar-refractivity contribution is 5.72. The average molecular weight is 275 g/mol. The Kier molecular flexibility index (Phi) is 6.19. The Hall–Kier alpha value is -1.22. The predicted molar refractivity (Wildman–Crippen MR) is 88.9 cm³/mol. The standard InChI is InChI=1S/C17H29N3/c1-3-11-18-12-7-4-8-13-20-15-14-19(2)16-9-5-6-10-17(16)20/h5-6,9-10,18H,3-4,7-8,11-15H2,1-2H3. The zero-order chi connectivity index (χ0) is 14.2. The average Bonchev–Trinajstić information content (AvgIpc) is 2.49. The van der Waals surface area contributed by atoms with Crippen molar-refractivity contribution in [3.05, 3.63) is 24.3 Å². The number of para-hydroxylation sites is 2. The second-order valence-corrected chi connectivity index (χ2v) is 5.71. The van der Waals surface area contributed by atoms with Gasteiger partial charge in [-0.15, -0.1) is 0 Å². The van der Waals surface area contributed by atoms with Gasteiger partial charge in [0.2, 0.25) is 0 Å². The molecule has 1 aromatic rings. The van der Waals surface area contributed by atoms with Gasteiger partial charge in [-0.1, -0.05) is 25.5 Å². The Labute approximate surface area is 124 Å². The molecule has 0 saturated carbocycles. The summed E-state index contributed by atoms with van der Waals surface area (Å²) < 4.78 is 0. The normalized spacial score (nSPS) is 14.5. The van der Waals surface area contributed by atoms with E-state index in [1.165, 1.54) is 50.1 Å². The van der Waals surface area contributed by atoms with Gasteiger partial charge in [-0.25, -0.2) is 0 Å². The third kappa shape index (κ3) is 4.14. The van der Waals surface area contributed by atoms with E-state index >= 15 is 0 Å². The SMILES string of the molecule is CCCNCCCCCN1CCN(C)c2ccccc21. The monoisotopic (exact) mass is 275 g/mol. The highest BCUT2D eigenvalue weighted by Crippen LogP contribution is 2.31. The van der Waals surface area contributed by atoms with Crippen molar-refractivity contribution >= 4 is 11.4 Å². The summed E-state index contributed by atoms with van der Waals surface area (Å²) in [5, 5.41) is 3.47. The largest absolute Gasteiger partial charge is 0.371 e. The highest BCUT2D eigenvalue weighted by atomic mass is 15.2. The molecule has 0 fully saturated rings. The Bertz CT molecular complexity index is 392. The van der Waals surface area contributed by atoms with Crippen LogP contribution in [-0.4, -0.2) is 39.8 Å². The first-order valence-electron chi connectivity index (χ1n) is 8.08. The molecule has 0 amide bonds. The molecule has 1 aromatic carbocycles. The fraction of sp³-hybridized carbons (Fsp3) is 0.647. The van der Waals surface area contributed by atoms with E-state index in [1.807, 2.05) is 0 Å². The Balaban J connectivity index is 1.73. The second kappa shape index (κ2) is 8.15. The van der Waals surface area contributed by atoms with E-state index in [9.17, 15) is 0 Å². The first kappa shape index (κ1) is 15.2. The number of fused-ring (bicyclic) bond motifs is 1. The van der Waals surface area contributed by atoms with Crippen LogP contribution in [-0.2, 0) is 0 Å². The van der Waals surface area contributed by atoms with Crippen LogP contribution in [0.2, 0.25) is 0 Å². The molecule has 112 valence electrons. The van der Waals surface area contributed by atoms with E-state index in [-0.39, 0.29) is 0 Å². The van der Waals surface area contributed by atoms with Gasteiger partial charge in [-0.3, -0.25) is 0 Å². The van der Waals surface area contributed by atoms with Gasteiger partial charge in [0, 0.05) is 26.7 Å². The zero-order valence-corrected chi connectivity index (χ0v) is 13.1. The molecule has 20 heavy (non-hydrogen) atoms. The first-order valence-corrected chi connectivity index (χ1v) is 8.08. The third-order valence-electron chi connectivity index (χ3n) is 4.05. The summed E-state index contributed by atoms with van der Waals surface area (Å²) in [7, 11) is 2.19. The fourth-order valence-corrected chi connectivity index (χ4v) is 2.83. The molecule has 0 aromatic heterocycles. The number of benzene rings is 1. The van der Waals surface area contributed by atoms with Crippen LogP contribution in [0.25, 0.3) is 0 Å². The van der Waals surface area contributed by atoms with E-state index in [4.69, 9.17) is 0 Å². The number of likely N-dealkylation sites (N-methyl/N-ethyl adjacent to an activating group) is 1. The summed E-state index contributed by atoms with van der Waals surface area (Å²) in [6.45, 7) is 8.03. The molecule has 1 N–H and O–H groups in total. The van der Waals surface area contributed by atoms with Crippen molar-refractivity contribution < 1.29 is 0 Å². The quantitative estimate of drug-likeness (QED) is 0.735. The molecule has 1 heterocycles. The predicted octanol–water partition coefficient (Wildman–Crippen LogP) is 3.11. The number of nitrogens with zero attached hydrogens (tertiary/aromatic N) is 2. The molecule has 0 aliphatic carbocycles. The number of unbranched alkanes of at least 4 members (excludes halogenated alkanes) is 2. The van der Waals surface area contributed by atoms with Crippen LogP contribution in [0.3, 0.4) is 0 Å². The molecular formula is C17H29N3. The lowest BCUT2D eigenvalue weighted by Gasteiger charge is -2.37. The summed E-state index contributed by atoms with van der Waals surface area (Å²) in [6, 6.07) is 8.78. The molecule has 3 heteroatoms. The summed E-state index contributed by atoms with van der Waals surface area (Å²) in [6.07, 6.45) is 5.16.